The zero-order valence-corrected chi connectivity index (χ0v) is 18.6. The number of amides is 2. The summed E-state index contributed by atoms with van der Waals surface area (Å²) in [5.74, 6) is 0.990. The van der Waals surface area contributed by atoms with Crippen LogP contribution in [-0.4, -0.2) is 54.8 Å². The predicted octanol–water partition coefficient (Wildman–Crippen LogP) is 3.70. The molecule has 168 valence electrons. The van der Waals surface area contributed by atoms with Crippen molar-refractivity contribution in [2.45, 2.75) is 25.4 Å². The smallest absolute Gasteiger partial charge is 0.405 e. The summed E-state index contributed by atoms with van der Waals surface area (Å²) in [5, 5.41) is 12.9. The monoisotopic (exact) mass is 443 g/mol. The fraction of sp³-hybridized carbons (Fsp3) is 0.320. The van der Waals surface area contributed by atoms with E-state index in [0.717, 1.165) is 35.5 Å². The summed E-state index contributed by atoms with van der Waals surface area (Å²) in [6.45, 7) is 3.96. The van der Waals surface area contributed by atoms with E-state index in [0.29, 0.717) is 18.7 Å². The first-order valence-electron chi connectivity index (χ1n) is 11.3. The highest BCUT2D eigenvalue weighted by atomic mass is 16.4. The summed E-state index contributed by atoms with van der Waals surface area (Å²) in [6.07, 6.45) is -0.226. The lowest BCUT2D eigenvalue weighted by molar-refractivity contribution is 0.0768. The summed E-state index contributed by atoms with van der Waals surface area (Å²) < 4.78 is 4.33. The van der Waals surface area contributed by atoms with Gasteiger partial charge in [-0.05, 0) is 43.7 Å². The Morgan fingerprint density at radius 1 is 1.18 bits per heavy atom. The number of carboxylic acid groups (broad SMARTS) is 1. The van der Waals surface area contributed by atoms with Crippen molar-refractivity contribution in [3.05, 3.63) is 54.1 Å². The van der Waals surface area contributed by atoms with Crippen molar-refractivity contribution in [1.82, 2.24) is 24.3 Å². The summed E-state index contributed by atoms with van der Waals surface area (Å²) in [5.41, 5.74) is 4.07. The summed E-state index contributed by atoms with van der Waals surface area (Å²) in [6, 6.07) is 16.1. The highest BCUT2D eigenvalue weighted by molar-refractivity contribution is 5.98. The number of rotatable bonds is 4. The van der Waals surface area contributed by atoms with Crippen molar-refractivity contribution in [3.63, 3.8) is 0 Å². The third-order valence-electron chi connectivity index (χ3n) is 7.27. The number of hydrogen-bond donors (Lipinski definition) is 2. The molecule has 0 radical (unpaired) electrons. The average Bonchev–Trinajstić information content (AvgIpc) is 3.10. The molecule has 2 amide bonds. The molecule has 6 rings (SSSR count). The third kappa shape index (κ3) is 2.93. The molecule has 3 heterocycles. The molecule has 8 nitrogen and oxygen atoms in total. The molecule has 2 fully saturated rings. The van der Waals surface area contributed by atoms with Crippen LogP contribution in [-0.2, 0) is 13.6 Å². The van der Waals surface area contributed by atoms with Crippen molar-refractivity contribution in [2.24, 2.45) is 13.0 Å². The van der Waals surface area contributed by atoms with Gasteiger partial charge in [0.2, 0.25) is 0 Å². The van der Waals surface area contributed by atoms with E-state index in [1.54, 1.807) is 4.90 Å². The minimum Gasteiger partial charge on any atom is -0.465 e. The van der Waals surface area contributed by atoms with Crippen LogP contribution in [0.4, 0.5) is 4.79 Å². The molecule has 0 unspecified atom stereocenters. The Bertz CT molecular complexity index is 1450. The Morgan fingerprint density at radius 3 is 2.79 bits per heavy atom. The first kappa shape index (κ1) is 19.8. The van der Waals surface area contributed by atoms with E-state index in [9.17, 15) is 9.59 Å². The molecule has 1 aliphatic heterocycles. The standard InChI is InChI=1S/C25H25N5O3/c1-3-30-19-7-5-4-6-15(19)11-21(30)22-26-18-10-16(8-9-20(18)28(22)2)23(31)29-13-17-12-25(17,14-29)27-24(32)33/h4-11,17,27H,3,12-14H2,1-2H3,(H,32,33)/t17-,25-/m0/s1. The zero-order chi connectivity index (χ0) is 22.9. The Hall–Kier alpha value is -3.81. The number of benzene rings is 2. The molecule has 1 saturated heterocycles. The SMILES string of the molecule is CCn1c(-c2nc3cc(C(=O)N4C[C@@H]5C[C@]5(NC(=O)O)C4)ccc3n2C)cc2ccccc21. The molecular formula is C25H25N5O3. The van der Waals surface area contributed by atoms with Gasteiger partial charge in [0.25, 0.3) is 5.91 Å². The van der Waals surface area contributed by atoms with Crippen molar-refractivity contribution in [1.29, 1.82) is 0 Å². The van der Waals surface area contributed by atoms with E-state index in [2.05, 4.69) is 39.6 Å². The Balaban J connectivity index is 1.34. The number of para-hydroxylation sites is 1. The number of carbonyl (C=O) groups excluding carboxylic acids is 1. The van der Waals surface area contributed by atoms with Crippen LogP contribution in [0.1, 0.15) is 23.7 Å². The number of carbonyl (C=O) groups is 2. The number of imidazole rings is 1. The molecule has 2 aromatic carbocycles. The maximum atomic E-state index is 13.2. The average molecular weight is 444 g/mol. The van der Waals surface area contributed by atoms with Gasteiger partial charge in [-0.2, -0.15) is 0 Å². The lowest BCUT2D eigenvalue weighted by atomic mass is 10.1. The van der Waals surface area contributed by atoms with Gasteiger partial charge >= 0.3 is 6.09 Å². The van der Waals surface area contributed by atoms with Gasteiger partial charge in [0.15, 0.2) is 5.82 Å². The molecule has 8 heteroatoms. The minimum absolute atomic E-state index is 0.0782. The number of aromatic nitrogens is 3. The lowest BCUT2D eigenvalue weighted by Gasteiger charge is -2.21. The van der Waals surface area contributed by atoms with E-state index in [-0.39, 0.29) is 11.8 Å². The Labute approximate surface area is 190 Å². The van der Waals surface area contributed by atoms with E-state index in [1.165, 1.54) is 10.9 Å². The van der Waals surface area contributed by atoms with Gasteiger partial charge in [-0.3, -0.25) is 4.79 Å². The Kier molecular flexibility index (Phi) is 4.11. The largest absolute Gasteiger partial charge is 0.465 e. The van der Waals surface area contributed by atoms with Gasteiger partial charge < -0.3 is 24.5 Å². The van der Waals surface area contributed by atoms with Crippen LogP contribution in [0.2, 0.25) is 0 Å². The van der Waals surface area contributed by atoms with Crippen molar-refractivity contribution >= 4 is 33.9 Å². The van der Waals surface area contributed by atoms with Gasteiger partial charge in [0.05, 0.1) is 22.3 Å². The van der Waals surface area contributed by atoms with Crippen molar-refractivity contribution in [2.75, 3.05) is 13.1 Å². The second-order valence-electron chi connectivity index (χ2n) is 9.20. The topological polar surface area (TPSA) is 92.4 Å². The zero-order valence-electron chi connectivity index (χ0n) is 18.6. The van der Waals surface area contributed by atoms with Crippen LogP contribution >= 0.6 is 0 Å². The molecule has 0 bridgehead atoms. The maximum Gasteiger partial charge on any atom is 0.405 e. The second kappa shape index (κ2) is 6.84. The van der Waals surface area contributed by atoms with Gasteiger partial charge in [-0.25, -0.2) is 9.78 Å². The summed E-state index contributed by atoms with van der Waals surface area (Å²) >= 11 is 0. The van der Waals surface area contributed by atoms with E-state index >= 15 is 0 Å². The van der Waals surface area contributed by atoms with Gasteiger partial charge in [-0.15, -0.1) is 0 Å². The van der Waals surface area contributed by atoms with Crippen LogP contribution in [0.5, 0.6) is 0 Å². The lowest BCUT2D eigenvalue weighted by Crippen LogP contribution is -2.42. The normalized spacial score (nSPS) is 21.5. The van der Waals surface area contributed by atoms with Crippen LogP contribution in [0, 0.1) is 5.92 Å². The summed E-state index contributed by atoms with van der Waals surface area (Å²) in [7, 11) is 2.00. The Morgan fingerprint density at radius 2 is 2.00 bits per heavy atom. The molecule has 33 heavy (non-hydrogen) atoms. The molecule has 0 spiro atoms. The van der Waals surface area contributed by atoms with E-state index in [1.807, 2.05) is 37.4 Å². The maximum absolute atomic E-state index is 13.2. The number of likely N-dealkylation sites (tertiary alicyclic amines) is 1. The van der Waals surface area contributed by atoms with E-state index in [4.69, 9.17) is 10.1 Å². The molecular weight excluding hydrogens is 418 g/mol. The number of aryl methyl sites for hydroxylation is 2. The number of piperidine rings is 1. The van der Waals surface area contributed by atoms with Gasteiger partial charge in [-0.1, -0.05) is 18.2 Å². The highest BCUT2D eigenvalue weighted by Crippen LogP contribution is 2.49. The van der Waals surface area contributed by atoms with Crippen LogP contribution in [0.25, 0.3) is 33.5 Å². The van der Waals surface area contributed by atoms with Crippen LogP contribution < -0.4 is 5.32 Å². The molecule has 2 N–H and O–H groups in total. The first-order valence-corrected chi connectivity index (χ1v) is 11.3. The fourth-order valence-electron chi connectivity index (χ4n) is 5.53. The molecule has 2 atom stereocenters. The molecule has 2 aromatic heterocycles. The molecule has 4 aromatic rings. The fourth-order valence-corrected chi connectivity index (χ4v) is 5.53. The van der Waals surface area contributed by atoms with Crippen molar-refractivity contribution < 1.29 is 14.7 Å². The molecule has 1 saturated carbocycles. The van der Waals surface area contributed by atoms with Crippen LogP contribution in [0.3, 0.4) is 0 Å². The number of hydrogen-bond acceptors (Lipinski definition) is 3. The van der Waals surface area contributed by atoms with E-state index < -0.39 is 11.6 Å². The quantitative estimate of drug-likeness (QED) is 0.503. The number of nitrogens with zero attached hydrogens (tertiary/aromatic N) is 4. The molecule has 2 aliphatic rings. The number of nitrogens with one attached hydrogen (secondary N) is 1. The van der Waals surface area contributed by atoms with Gasteiger partial charge in [0.1, 0.15) is 0 Å². The van der Waals surface area contributed by atoms with Crippen molar-refractivity contribution in [3.8, 4) is 11.5 Å². The minimum atomic E-state index is -1.03. The van der Waals surface area contributed by atoms with Gasteiger partial charge in [0, 0.05) is 49.1 Å². The van der Waals surface area contributed by atoms with Crippen LogP contribution in [0.15, 0.2) is 48.5 Å². The first-order chi connectivity index (χ1) is 15.9. The highest BCUT2D eigenvalue weighted by Gasteiger charge is 2.62. The molecule has 1 aliphatic carbocycles. The second-order valence-corrected chi connectivity index (χ2v) is 9.20. The number of fused-ring (bicyclic) bond motifs is 3. The third-order valence-corrected chi connectivity index (χ3v) is 7.27. The predicted molar refractivity (Wildman–Crippen MR) is 125 cm³/mol. The summed E-state index contributed by atoms with van der Waals surface area (Å²) in [4.78, 5) is 31.0.